The minimum Gasteiger partial charge on any atom is -0.288 e. The molecular weight excluding hydrogens is 394 g/mol. The zero-order valence-electron chi connectivity index (χ0n) is 14.0. The van der Waals surface area contributed by atoms with Gasteiger partial charge in [0.05, 0.1) is 20.9 Å². The molecule has 0 radical (unpaired) electrons. The van der Waals surface area contributed by atoms with Crippen molar-refractivity contribution in [2.24, 2.45) is 0 Å². The summed E-state index contributed by atoms with van der Waals surface area (Å²) in [5.41, 5.74) is 0.235. The number of imide groups is 1. The van der Waals surface area contributed by atoms with Gasteiger partial charge in [-0.25, -0.2) is 21.6 Å². The Hall–Kier alpha value is -2.76. The summed E-state index contributed by atoms with van der Waals surface area (Å²) in [5, 5.41) is 2.09. The van der Waals surface area contributed by atoms with Crippen molar-refractivity contribution in [3.8, 4) is 0 Å². The fourth-order valence-electron chi connectivity index (χ4n) is 2.50. The fourth-order valence-corrected chi connectivity index (χ4v) is 4.63. The average molecular weight is 409 g/mol. The monoisotopic (exact) mass is 409 g/mol. The van der Waals surface area contributed by atoms with Crippen LogP contribution in [0.15, 0.2) is 52.3 Å². The summed E-state index contributed by atoms with van der Waals surface area (Å²) in [5.74, 6) is -1.24. The third-order valence-corrected chi connectivity index (χ3v) is 6.71. The molecule has 0 aromatic heterocycles. The highest BCUT2D eigenvalue weighted by Gasteiger charge is 2.28. The number of amides is 2. The summed E-state index contributed by atoms with van der Waals surface area (Å²) in [6.07, 6.45) is 0. The van der Waals surface area contributed by atoms with Gasteiger partial charge in [0.25, 0.3) is 21.8 Å². The second-order valence-electron chi connectivity index (χ2n) is 5.62. The maximum absolute atomic E-state index is 12.5. The van der Waals surface area contributed by atoms with Crippen LogP contribution in [0.4, 0.5) is 5.69 Å². The molecule has 3 N–H and O–H groups in total. The first-order valence-electron chi connectivity index (χ1n) is 7.76. The number of rotatable bonds is 6. The van der Waals surface area contributed by atoms with E-state index >= 15 is 0 Å². The Labute approximate surface area is 155 Å². The van der Waals surface area contributed by atoms with E-state index < -0.39 is 31.9 Å². The molecule has 2 amide bonds. The molecule has 27 heavy (non-hydrogen) atoms. The van der Waals surface area contributed by atoms with Crippen LogP contribution in [0.25, 0.3) is 0 Å². The predicted octanol–water partition coefficient (Wildman–Crippen LogP) is 0.669. The van der Waals surface area contributed by atoms with Crippen LogP contribution in [0.3, 0.4) is 0 Å². The van der Waals surface area contributed by atoms with Crippen molar-refractivity contribution in [3.63, 3.8) is 0 Å². The second-order valence-corrected chi connectivity index (χ2v) is 9.07. The molecule has 1 aliphatic rings. The van der Waals surface area contributed by atoms with E-state index in [0.717, 1.165) is 6.07 Å². The van der Waals surface area contributed by atoms with Crippen molar-refractivity contribution in [3.05, 3.63) is 53.6 Å². The molecule has 0 fully saturated rings. The van der Waals surface area contributed by atoms with Gasteiger partial charge in [0.2, 0.25) is 10.0 Å². The molecule has 3 rings (SSSR count). The number of anilines is 1. The maximum Gasteiger partial charge on any atom is 0.261 e. The number of benzene rings is 2. The van der Waals surface area contributed by atoms with Crippen LogP contribution in [0.2, 0.25) is 0 Å². The molecule has 0 saturated carbocycles. The Morgan fingerprint density at radius 2 is 1.41 bits per heavy atom. The molecule has 1 heterocycles. The summed E-state index contributed by atoms with van der Waals surface area (Å²) >= 11 is 0. The lowest BCUT2D eigenvalue weighted by Gasteiger charge is -2.10. The minimum atomic E-state index is -4.04. The van der Waals surface area contributed by atoms with Crippen LogP contribution >= 0.6 is 0 Å². The van der Waals surface area contributed by atoms with E-state index in [-0.39, 0.29) is 33.2 Å². The van der Waals surface area contributed by atoms with Crippen LogP contribution in [0, 0.1) is 0 Å². The van der Waals surface area contributed by atoms with Crippen molar-refractivity contribution in [2.75, 3.05) is 11.3 Å². The first-order chi connectivity index (χ1) is 12.6. The standard InChI is InChI=1S/C16H15N3O6S2/c1-2-17-26(22,23)11-5-3-10(4-6-11)19-27(24,25)12-7-8-13-14(9-12)16(21)18-15(13)20/h3-9,17,19H,2H2,1H3,(H,18,20,21). The molecule has 0 saturated heterocycles. The lowest BCUT2D eigenvalue weighted by atomic mass is 10.1. The van der Waals surface area contributed by atoms with Gasteiger partial charge in [-0.1, -0.05) is 6.92 Å². The van der Waals surface area contributed by atoms with Gasteiger partial charge in [-0.05, 0) is 42.5 Å². The van der Waals surface area contributed by atoms with Crippen LogP contribution in [0.5, 0.6) is 0 Å². The molecule has 0 spiro atoms. The number of hydrogen-bond acceptors (Lipinski definition) is 6. The van der Waals surface area contributed by atoms with E-state index in [0.29, 0.717) is 0 Å². The lowest BCUT2D eigenvalue weighted by Crippen LogP contribution is -2.23. The quantitative estimate of drug-likeness (QED) is 0.600. The van der Waals surface area contributed by atoms with Gasteiger partial charge in [0.1, 0.15) is 0 Å². The van der Waals surface area contributed by atoms with Crippen LogP contribution < -0.4 is 14.8 Å². The van der Waals surface area contributed by atoms with Gasteiger partial charge in [0, 0.05) is 12.2 Å². The molecule has 0 atom stereocenters. The normalized spacial score (nSPS) is 14.0. The van der Waals surface area contributed by atoms with Crippen molar-refractivity contribution < 1.29 is 26.4 Å². The Kier molecular flexibility index (Phi) is 4.76. The minimum absolute atomic E-state index is 0.0000113. The molecule has 1 aliphatic heterocycles. The van der Waals surface area contributed by atoms with Crippen molar-refractivity contribution in [1.82, 2.24) is 10.0 Å². The Bertz CT molecular complexity index is 1140. The summed E-state index contributed by atoms with van der Waals surface area (Å²) in [7, 11) is -7.69. The molecule has 0 bridgehead atoms. The Balaban J connectivity index is 1.86. The molecule has 2 aromatic carbocycles. The highest BCUT2D eigenvalue weighted by Crippen LogP contribution is 2.23. The zero-order valence-corrected chi connectivity index (χ0v) is 15.6. The van der Waals surface area contributed by atoms with Crippen LogP contribution in [-0.2, 0) is 20.0 Å². The van der Waals surface area contributed by atoms with Gasteiger partial charge in [-0.15, -0.1) is 0 Å². The van der Waals surface area contributed by atoms with Crippen LogP contribution in [0.1, 0.15) is 27.6 Å². The largest absolute Gasteiger partial charge is 0.288 e. The van der Waals surface area contributed by atoms with Gasteiger partial charge < -0.3 is 0 Å². The van der Waals surface area contributed by atoms with E-state index in [4.69, 9.17) is 0 Å². The SMILES string of the molecule is CCNS(=O)(=O)c1ccc(NS(=O)(=O)c2ccc3c(c2)C(=O)NC3=O)cc1. The highest BCUT2D eigenvalue weighted by molar-refractivity contribution is 7.92. The number of nitrogens with one attached hydrogen (secondary N) is 3. The highest BCUT2D eigenvalue weighted by atomic mass is 32.2. The number of sulfonamides is 2. The van der Waals surface area contributed by atoms with Crippen molar-refractivity contribution >= 4 is 37.5 Å². The van der Waals surface area contributed by atoms with E-state index in [1.165, 1.54) is 36.4 Å². The number of carbonyl (C=O) groups is 2. The smallest absolute Gasteiger partial charge is 0.261 e. The third-order valence-electron chi connectivity index (χ3n) is 3.77. The number of fused-ring (bicyclic) bond motifs is 1. The molecule has 2 aromatic rings. The summed E-state index contributed by atoms with van der Waals surface area (Å²) in [4.78, 5) is 23.0. The third kappa shape index (κ3) is 3.70. The molecule has 11 heteroatoms. The van der Waals surface area contributed by atoms with Gasteiger partial charge in [-0.2, -0.15) is 0 Å². The molecule has 9 nitrogen and oxygen atoms in total. The second kappa shape index (κ2) is 6.76. The first-order valence-corrected chi connectivity index (χ1v) is 10.7. The topological polar surface area (TPSA) is 139 Å². The number of carbonyl (C=O) groups excluding carboxylic acids is 2. The van der Waals surface area contributed by atoms with Crippen molar-refractivity contribution in [2.45, 2.75) is 16.7 Å². The summed E-state index contributed by atoms with van der Waals surface area (Å²) in [6.45, 7) is 1.87. The van der Waals surface area contributed by atoms with Crippen molar-refractivity contribution in [1.29, 1.82) is 0 Å². The molecule has 0 aliphatic carbocycles. The summed E-state index contributed by atoms with van der Waals surface area (Å²) in [6, 6.07) is 8.74. The van der Waals surface area contributed by atoms with E-state index in [2.05, 4.69) is 14.8 Å². The molecule has 142 valence electrons. The zero-order chi connectivity index (χ0) is 19.8. The predicted molar refractivity (Wildman–Crippen MR) is 96.4 cm³/mol. The van der Waals surface area contributed by atoms with E-state index in [9.17, 15) is 26.4 Å². The Morgan fingerprint density at radius 3 is 2.04 bits per heavy atom. The lowest BCUT2D eigenvalue weighted by molar-refractivity contribution is 0.0879. The van der Waals surface area contributed by atoms with Gasteiger partial charge >= 0.3 is 0 Å². The number of hydrogen-bond donors (Lipinski definition) is 3. The van der Waals surface area contributed by atoms with Gasteiger partial charge in [-0.3, -0.25) is 19.6 Å². The fraction of sp³-hybridized carbons (Fsp3) is 0.125. The maximum atomic E-state index is 12.5. The average Bonchev–Trinajstić information content (AvgIpc) is 2.89. The van der Waals surface area contributed by atoms with Gasteiger partial charge in [0.15, 0.2) is 0 Å². The van der Waals surface area contributed by atoms with Crippen LogP contribution in [-0.4, -0.2) is 35.2 Å². The summed E-state index contributed by atoms with van der Waals surface area (Å²) < 4.78 is 53.5. The molecule has 0 unspecified atom stereocenters. The Morgan fingerprint density at radius 1 is 0.815 bits per heavy atom. The van der Waals surface area contributed by atoms with E-state index in [1.54, 1.807) is 6.92 Å². The van der Waals surface area contributed by atoms with E-state index in [1.807, 2.05) is 0 Å². The molecular formula is C16H15N3O6S2. The first kappa shape index (κ1) is 19.0.